The zero-order chi connectivity index (χ0) is 19.4. The lowest BCUT2D eigenvalue weighted by Gasteiger charge is -2.26. The molecule has 140 valence electrons. The first-order valence-corrected chi connectivity index (χ1v) is 8.71. The largest absolute Gasteiger partial charge is 0.469 e. The third-order valence-electron chi connectivity index (χ3n) is 4.82. The van der Waals surface area contributed by atoms with Gasteiger partial charge in [0.15, 0.2) is 5.60 Å². The van der Waals surface area contributed by atoms with Crippen LogP contribution in [-0.4, -0.2) is 47.0 Å². The van der Waals surface area contributed by atoms with Gasteiger partial charge in [-0.15, -0.1) is 0 Å². The van der Waals surface area contributed by atoms with Crippen LogP contribution < -0.4 is 0 Å². The Kier molecular flexibility index (Phi) is 5.37. The number of aliphatic hydroxyl groups is 1. The summed E-state index contributed by atoms with van der Waals surface area (Å²) < 4.78 is 4.59. The van der Waals surface area contributed by atoms with E-state index in [0.717, 1.165) is 10.5 Å². The van der Waals surface area contributed by atoms with E-state index in [1.54, 1.807) is 42.5 Å². The predicted octanol–water partition coefficient (Wildman–Crippen LogP) is 1.68. The average Bonchev–Trinajstić information content (AvgIpc) is 2.87. The lowest BCUT2D eigenvalue weighted by atomic mass is 9.80. The summed E-state index contributed by atoms with van der Waals surface area (Å²) >= 11 is 0. The number of rotatable bonds is 6. The fourth-order valence-corrected chi connectivity index (χ4v) is 3.48. The molecule has 0 saturated carbocycles. The molecular formula is C21H21NO5. The summed E-state index contributed by atoms with van der Waals surface area (Å²) in [5, 5.41) is 11.4. The summed E-state index contributed by atoms with van der Waals surface area (Å²) in [7, 11) is 1.24. The fraction of sp³-hybridized carbons (Fsp3) is 0.286. The Morgan fingerprint density at radius 3 is 2.26 bits per heavy atom. The molecule has 1 aliphatic rings. The molecule has 0 radical (unpaired) electrons. The molecule has 2 aromatic rings. The molecule has 0 aliphatic carbocycles. The first-order chi connectivity index (χ1) is 13.0. The second kappa shape index (κ2) is 7.72. The number of hydrogen-bond acceptors (Lipinski definition) is 5. The van der Waals surface area contributed by atoms with E-state index in [9.17, 15) is 19.5 Å². The van der Waals surface area contributed by atoms with Crippen molar-refractivity contribution >= 4 is 17.8 Å². The van der Waals surface area contributed by atoms with Crippen LogP contribution in [0.2, 0.25) is 0 Å². The van der Waals surface area contributed by atoms with Crippen LogP contribution in [-0.2, 0) is 25.5 Å². The van der Waals surface area contributed by atoms with Gasteiger partial charge in [-0.1, -0.05) is 60.7 Å². The smallest absolute Gasteiger partial charge is 0.307 e. The Hall–Kier alpha value is -2.99. The van der Waals surface area contributed by atoms with Gasteiger partial charge in [-0.2, -0.15) is 0 Å². The van der Waals surface area contributed by atoms with E-state index in [1.807, 2.05) is 18.2 Å². The van der Waals surface area contributed by atoms with E-state index in [-0.39, 0.29) is 19.4 Å². The Morgan fingerprint density at radius 1 is 1.07 bits per heavy atom. The van der Waals surface area contributed by atoms with Crippen LogP contribution >= 0.6 is 0 Å². The van der Waals surface area contributed by atoms with Crippen molar-refractivity contribution in [3.8, 4) is 0 Å². The van der Waals surface area contributed by atoms with Crippen LogP contribution in [0.15, 0.2) is 60.7 Å². The quantitative estimate of drug-likeness (QED) is 0.620. The van der Waals surface area contributed by atoms with E-state index in [2.05, 4.69) is 4.74 Å². The number of methoxy groups -OCH3 is 1. The minimum Gasteiger partial charge on any atom is -0.469 e. The maximum Gasteiger partial charge on any atom is 0.307 e. The van der Waals surface area contributed by atoms with Crippen molar-refractivity contribution in [2.75, 3.05) is 13.7 Å². The van der Waals surface area contributed by atoms with Crippen LogP contribution in [0.3, 0.4) is 0 Å². The molecule has 1 aliphatic heterocycles. The molecule has 0 spiro atoms. The van der Waals surface area contributed by atoms with E-state index < -0.39 is 29.3 Å². The zero-order valence-electron chi connectivity index (χ0n) is 15.0. The third kappa shape index (κ3) is 3.61. The van der Waals surface area contributed by atoms with Crippen molar-refractivity contribution in [1.29, 1.82) is 0 Å². The highest BCUT2D eigenvalue weighted by Crippen LogP contribution is 2.40. The molecule has 6 heteroatoms. The molecular weight excluding hydrogens is 346 g/mol. The van der Waals surface area contributed by atoms with Crippen LogP contribution in [0, 0.1) is 0 Å². The van der Waals surface area contributed by atoms with E-state index in [4.69, 9.17) is 0 Å². The molecule has 1 N–H and O–H groups in total. The lowest BCUT2D eigenvalue weighted by Crippen LogP contribution is -2.45. The molecule has 2 amide bonds. The summed E-state index contributed by atoms with van der Waals surface area (Å²) in [6, 6.07) is 17.8. The maximum absolute atomic E-state index is 13.0. The number of likely N-dealkylation sites (tertiary alicyclic amines) is 1. The van der Waals surface area contributed by atoms with Crippen LogP contribution in [0.4, 0.5) is 0 Å². The molecule has 27 heavy (non-hydrogen) atoms. The normalized spacial score (nSPS) is 22.1. The molecule has 6 nitrogen and oxygen atoms in total. The van der Waals surface area contributed by atoms with Crippen molar-refractivity contribution in [3.63, 3.8) is 0 Å². The second-order valence-electron chi connectivity index (χ2n) is 6.55. The number of carbonyl (C=O) groups is 3. The maximum atomic E-state index is 13.0. The number of esters is 1. The van der Waals surface area contributed by atoms with Crippen molar-refractivity contribution in [2.45, 2.75) is 24.4 Å². The summed E-state index contributed by atoms with van der Waals surface area (Å²) in [5.74, 6) is -2.74. The molecule has 2 aromatic carbocycles. The molecule has 1 heterocycles. The first-order valence-electron chi connectivity index (χ1n) is 8.71. The van der Waals surface area contributed by atoms with E-state index >= 15 is 0 Å². The Balaban J connectivity index is 1.97. The Labute approximate surface area is 157 Å². The summed E-state index contributed by atoms with van der Waals surface area (Å²) in [4.78, 5) is 38.5. The van der Waals surface area contributed by atoms with Gasteiger partial charge in [0, 0.05) is 13.0 Å². The molecule has 0 unspecified atom stereocenters. The first kappa shape index (κ1) is 18.8. The van der Waals surface area contributed by atoms with Gasteiger partial charge in [-0.3, -0.25) is 19.3 Å². The predicted molar refractivity (Wildman–Crippen MR) is 97.6 cm³/mol. The summed E-state index contributed by atoms with van der Waals surface area (Å²) in [6.07, 6.45) is -0.108. The second-order valence-corrected chi connectivity index (χ2v) is 6.55. The number of nitrogens with zero attached hydrogens (tertiary/aromatic N) is 1. The van der Waals surface area contributed by atoms with Crippen LogP contribution in [0.5, 0.6) is 0 Å². The highest BCUT2D eigenvalue weighted by atomic mass is 16.5. The van der Waals surface area contributed by atoms with Gasteiger partial charge in [-0.05, 0) is 11.1 Å². The molecule has 0 aromatic heterocycles. The molecule has 0 bridgehead atoms. The Morgan fingerprint density at radius 2 is 1.67 bits per heavy atom. The van der Waals surface area contributed by atoms with Crippen molar-refractivity contribution < 1.29 is 24.2 Å². The SMILES string of the molecule is COC(=O)CCN1C(=O)[C@H](c2ccccc2)[C@@](O)(Cc2ccccc2)C1=O. The number of imide groups is 1. The highest BCUT2D eigenvalue weighted by Gasteiger charge is 2.58. The fourth-order valence-electron chi connectivity index (χ4n) is 3.48. The van der Waals surface area contributed by atoms with Crippen molar-refractivity contribution in [2.24, 2.45) is 0 Å². The minimum atomic E-state index is -1.91. The molecule has 3 rings (SSSR count). The van der Waals surface area contributed by atoms with Gasteiger partial charge in [0.2, 0.25) is 5.91 Å². The van der Waals surface area contributed by atoms with Gasteiger partial charge < -0.3 is 9.84 Å². The lowest BCUT2D eigenvalue weighted by molar-refractivity contribution is -0.147. The number of carbonyl (C=O) groups excluding carboxylic acids is 3. The number of ether oxygens (including phenoxy) is 1. The van der Waals surface area contributed by atoms with Crippen molar-refractivity contribution in [3.05, 3.63) is 71.8 Å². The summed E-state index contributed by atoms with van der Waals surface area (Å²) in [6.45, 7) is -0.120. The molecule has 1 saturated heterocycles. The standard InChI is InChI=1S/C21H21NO5/c1-27-17(23)12-13-22-19(24)18(16-10-6-3-7-11-16)21(26,20(22)25)14-15-8-4-2-5-9-15/h2-11,18,26H,12-14H2,1H3/t18-,21-/m0/s1. The van der Waals surface area contributed by atoms with Gasteiger partial charge in [0.05, 0.1) is 13.5 Å². The molecule has 2 atom stereocenters. The number of hydrogen-bond donors (Lipinski definition) is 1. The monoisotopic (exact) mass is 367 g/mol. The average molecular weight is 367 g/mol. The van der Waals surface area contributed by atoms with Gasteiger partial charge in [0.25, 0.3) is 5.91 Å². The minimum absolute atomic E-state index is 0.00665. The third-order valence-corrected chi connectivity index (χ3v) is 4.82. The zero-order valence-corrected chi connectivity index (χ0v) is 15.0. The number of benzene rings is 2. The van der Waals surface area contributed by atoms with Gasteiger partial charge in [-0.25, -0.2) is 0 Å². The van der Waals surface area contributed by atoms with Crippen LogP contribution in [0.1, 0.15) is 23.5 Å². The van der Waals surface area contributed by atoms with E-state index in [0.29, 0.717) is 5.56 Å². The van der Waals surface area contributed by atoms with Crippen LogP contribution in [0.25, 0.3) is 0 Å². The summed E-state index contributed by atoms with van der Waals surface area (Å²) in [5.41, 5.74) is -0.595. The molecule has 1 fully saturated rings. The van der Waals surface area contributed by atoms with Crippen molar-refractivity contribution in [1.82, 2.24) is 4.90 Å². The highest BCUT2D eigenvalue weighted by molar-refractivity contribution is 6.12. The van der Waals surface area contributed by atoms with Gasteiger partial charge in [0.1, 0.15) is 5.92 Å². The van der Waals surface area contributed by atoms with Gasteiger partial charge >= 0.3 is 5.97 Å². The Bertz CT molecular complexity index is 836. The number of amides is 2. The van der Waals surface area contributed by atoms with E-state index in [1.165, 1.54) is 7.11 Å². The topological polar surface area (TPSA) is 83.9 Å².